The quantitative estimate of drug-likeness (QED) is 0.652. The number of halogens is 2. The van der Waals surface area contributed by atoms with Gasteiger partial charge in [0, 0.05) is 0 Å². The van der Waals surface area contributed by atoms with E-state index in [2.05, 4.69) is 16.9 Å². The summed E-state index contributed by atoms with van der Waals surface area (Å²) in [6.45, 7) is -2.77. The molecule has 0 spiro atoms. The molecule has 0 unspecified atom stereocenters. The van der Waals surface area contributed by atoms with E-state index in [1.165, 1.54) is 11.1 Å². The van der Waals surface area contributed by atoms with Crippen molar-refractivity contribution >= 4 is 0 Å². The van der Waals surface area contributed by atoms with Crippen LogP contribution in [0.2, 0.25) is 0 Å². The summed E-state index contributed by atoms with van der Waals surface area (Å²) in [7, 11) is 0. The zero-order valence-electron chi connectivity index (χ0n) is 8.99. The first-order valence-electron chi connectivity index (χ1n) is 5.40. The molecule has 3 rings (SSSR count). The average molecular weight is 232 g/mol. The second-order valence-corrected chi connectivity index (χ2v) is 4.03. The molecular weight excluding hydrogens is 222 g/mol. The molecule has 17 heavy (non-hydrogen) atoms. The Hall–Kier alpha value is -1.90. The average Bonchev–Trinajstić information content (AvgIpc) is 2.65. The third kappa shape index (κ3) is 1.78. The Labute approximate surface area is 97.7 Å². The Morgan fingerprint density at radius 3 is 2.53 bits per heavy atom. The van der Waals surface area contributed by atoms with Crippen molar-refractivity contribution in [3.63, 3.8) is 0 Å². The Kier molecular flexibility index (Phi) is 2.32. The molecule has 2 aromatic carbocycles. The maximum Gasteiger partial charge on any atom is 0.387 e. The maximum absolute atomic E-state index is 12.1. The van der Waals surface area contributed by atoms with E-state index in [-0.39, 0.29) is 5.75 Å². The van der Waals surface area contributed by atoms with Gasteiger partial charge in [0.2, 0.25) is 0 Å². The highest BCUT2D eigenvalue weighted by Crippen LogP contribution is 2.38. The van der Waals surface area contributed by atoms with Gasteiger partial charge >= 0.3 is 6.61 Å². The zero-order chi connectivity index (χ0) is 11.8. The van der Waals surface area contributed by atoms with Crippen LogP contribution >= 0.6 is 0 Å². The highest BCUT2D eigenvalue weighted by atomic mass is 19.3. The van der Waals surface area contributed by atoms with Crippen LogP contribution < -0.4 is 4.74 Å². The van der Waals surface area contributed by atoms with Crippen molar-refractivity contribution in [1.82, 2.24) is 0 Å². The summed E-state index contributed by atoms with van der Waals surface area (Å²) in [6, 6.07) is 13.2. The molecule has 1 aliphatic carbocycles. The number of ether oxygens (including phenoxy) is 1. The van der Waals surface area contributed by atoms with Crippen LogP contribution in [0.1, 0.15) is 11.1 Å². The predicted octanol–water partition coefficient (Wildman–Crippen LogP) is 3.86. The van der Waals surface area contributed by atoms with Crippen molar-refractivity contribution in [3.8, 4) is 16.9 Å². The molecule has 0 N–H and O–H groups in total. The monoisotopic (exact) mass is 232 g/mol. The molecular formula is C14H10F2O. The summed E-state index contributed by atoms with van der Waals surface area (Å²) in [5.41, 5.74) is 4.58. The van der Waals surface area contributed by atoms with E-state index >= 15 is 0 Å². The minimum absolute atomic E-state index is 0.228. The van der Waals surface area contributed by atoms with Gasteiger partial charge in [-0.05, 0) is 40.8 Å². The first-order chi connectivity index (χ1) is 8.24. The van der Waals surface area contributed by atoms with Gasteiger partial charge in [-0.1, -0.05) is 30.3 Å². The van der Waals surface area contributed by atoms with Crippen molar-refractivity contribution in [2.45, 2.75) is 13.0 Å². The molecule has 3 heteroatoms. The Morgan fingerprint density at radius 2 is 1.71 bits per heavy atom. The topological polar surface area (TPSA) is 9.23 Å². The molecule has 0 saturated heterocycles. The van der Waals surface area contributed by atoms with Crippen LogP contribution in [0.25, 0.3) is 11.1 Å². The van der Waals surface area contributed by atoms with Gasteiger partial charge in [-0.15, -0.1) is 0 Å². The molecule has 2 aromatic rings. The van der Waals surface area contributed by atoms with Crippen molar-refractivity contribution in [2.24, 2.45) is 0 Å². The number of alkyl halides is 2. The second kappa shape index (κ2) is 3.84. The summed E-state index contributed by atoms with van der Waals surface area (Å²) >= 11 is 0. The fourth-order valence-electron chi connectivity index (χ4n) is 2.30. The minimum atomic E-state index is -2.77. The number of hydrogen-bond donors (Lipinski definition) is 0. The van der Waals surface area contributed by atoms with Crippen LogP contribution in [0.15, 0.2) is 42.5 Å². The molecule has 0 aliphatic heterocycles. The molecule has 0 saturated carbocycles. The van der Waals surface area contributed by atoms with Crippen LogP contribution in [-0.2, 0) is 6.42 Å². The molecule has 86 valence electrons. The number of benzene rings is 2. The van der Waals surface area contributed by atoms with Gasteiger partial charge in [0.15, 0.2) is 0 Å². The Bertz CT molecular complexity index is 564. The summed E-state index contributed by atoms with van der Waals surface area (Å²) in [6.07, 6.45) is 0.784. The van der Waals surface area contributed by atoms with Gasteiger partial charge in [0.1, 0.15) is 5.75 Å². The highest BCUT2D eigenvalue weighted by Gasteiger charge is 2.18. The third-order valence-corrected chi connectivity index (χ3v) is 2.99. The molecule has 0 radical (unpaired) electrons. The zero-order valence-corrected chi connectivity index (χ0v) is 8.99. The van der Waals surface area contributed by atoms with Gasteiger partial charge in [-0.25, -0.2) is 0 Å². The van der Waals surface area contributed by atoms with E-state index < -0.39 is 6.61 Å². The minimum Gasteiger partial charge on any atom is -0.435 e. The van der Waals surface area contributed by atoms with Crippen LogP contribution in [0.3, 0.4) is 0 Å². The van der Waals surface area contributed by atoms with Gasteiger partial charge in [0.25, 0.3) is 0 Å². The van der Waals surface area contributed by atoms with Crippen LogP contribution in [-0.4, -0.2) is 6.61 Å². The van der Waals surface area contributed by atoms with E-state index in [1.807, 2.05) is 18.2 Å². The van der Waals surface area contributed by atoms with E-state index in [9.17, 15) is 8.78 Å². The summed E-state index contributed by atoms with van der Waals surface area (Å²) < 4.78 is 28.6. The molecule has 0 atom stereocenters. The first-order valence-corrected chi connectivity index (χ1v) is 5.40. The molecule has 0 fully saturated rings. The van der Waals surface area contributed by atoms with E-state index in [0.717, 1.165) is 17.5 Å². The van der Waals surface area contributed by atoms with Gasteiger partial charge in [-0.2, -0.15) is 8.78 Å². The van der Waals surface area contributed by atoms with Crippen LogP contribution in [0.5, 0.6) is 5.75 Å². The third-order valence-electron chi connectivity index (χ3n) is 2.99. The number of hydrogen-bond acceptors (Lipinski definition) is 1. The molecule has 1 nitrogen and oxygen atoms in total. The molecule has 0 bridgehead atoms. The van der Waals surface area contributed by atoms with Crippen molar-refractivity contribution in [1.29, 1.82) is 0 Å². The number of fused-ring (bicyclic) bond motifs is 3. The Morgan fingerprint density at radius 1 is 0.941 bits per heavy atom. The van der Waals surface area contributed by atoms with E-state index in [1.54, 1.807) is 12.1 Å². The molecule has 0 heterocycles. The summed E-state index contributed by atoms with van der Waals surface area (Å²) in [5.74, 6) is 0.228. The smallest absolute Gasteiger partial charge is 0.387 e. The SMILES string of the molecule is FC(F)Oc1ccc2c(c1)Cc1ccccc1-2. The standard InChI is InChI=1S/C14H10F2O/c15-14(16)17-11-5-6-13-10(8-11)7-9-3-1-2-4-12(9)13/h1-6,8,14H,7H2. The lowest BCUT2D eigenvalue weighted by Gasteiger charge is -2.06. The fourth-order valence-corrected chi connectivity index (χ4v) is 2.30. The second-order valence-electron chi connectivity index (χ2n) is 4.03. The normalized spacial score (nSPS) is 12.4. The van der Waals surface area contributed by atoms with Crippen molar-refractivity contribution in [2.75, 3.05) is 0 Å². The van der Waals surface area contributed by atoms with E-state index in [4.69, 9.17) is 0 Å². The highest BCUT2D eigenvalue weighted by molar-refractivity contribution is 5.77. The lowest BCUT2D eigenvalue weighted by Crippen LogP contribution is -2.01. The Balaban J connectivity index is 2.01. The molecule has 1 aliphatic rings. The van der Waals surface area contributed by atoms with Gasteiger partial charge < -0.3 is 4.74 Å². The summed E-state index contributed by atoms with van der Waals surface area (Å²) in [5, 5.41) is 0. The predicted molar refractivity (Wildman–Crippen MR) is 61.3 cm³/mol. The van der Waals surface area contributed by atoms with E-state index in [0.29, 0.717) is 0 Å². The largest absolute Gasteiger partial charge is 0.435 e. The van der Waals surface area contributed by atoms with Crippen LogP contribution in [0.4, 0.5) is 8.78 Å². The number of rotatable bonds is 2. The maximum atomic E-state index is 12.1. The molecule has 0 aromatic heterocycles. The lowest BCUT2D eigenvalue weighted by molar-refractivity contribution is -0.0498. The lowest BCUT2D eigenvalue weighted by atomic mass is 10.1. The van der Waals surface area contributed by atoms with Crippen molar-refractivity contribution in [3.05, 3.63) is 53.6 Å². The molecule has 0 amide bonds. The van der Waals surface area contributed by atoms with Crippen LogP contribution in [0, 0.1) is 0 Å². The fraction of sp³-hybridized carbons (Fsp3) is 0.143. The van der Waals surface area contributed by atoms with Gasteiger partial charge in [-0.3, -0.25) is 0 Å². The van der Waals surface area contributed by atoms with Gasteiger partial charge in [0.05, 0.1) is 0 Å². The first kappa shape index (κ1) is 10.3. The summed E-state index contributed by atoms with van der Waals surface area (Å²) in [4.78, 5) is 0. The van der Waals surface area contributed by atoms with Crippen molar-refractivity contribution < 1.29 is 13.5 Å².